The van der Waals surface area contributed by atoms with E-state index in [9.17, 15) is 16.8 Å². The Bertz CT molecular complexity index is 927. The molecule has 2 aromatic rings. The average Bonchev–Trinajstić information content (AvgIpc) is 2.46. The highest BCUT2D eigenvalue weighted by Gasteiger charge is 2.20. The molecule has 0 aliphatic carbocycles. The van der Waals surface area contributed by atoms with E-state index in [-0.39, 0.29) is 9.79 Å². The van der Waals surface area contributed by atoms with E-state index in [2.05, 4.69) is 4.72 Å². The van der Waals surface area contributed by atoms with Gasteiger partial charge in [-0.25, -0.2) is 26.7 Å². The number of nitrogens with two attached hydrogens (primary N) is 1. The quantitative estimate of drug-likeness (QED) is 0.834. The van der Waals surface area contributed by atoms with Crippen molar-refractivity contribution in [3.8, 4) is 0 Å². The van der Waals surface area contributed by atoms with E-state index in [1.165, 1.54) is 18.2 Å². The first kappa shape index (κ1) is 17.9. The Hall–Kier alpha value is -1.45. The lowest BCUT2D eigenvalue weighted by Crippen LogP contribution is -2.27. The van der Waals surface area contributed by atoms with Crippen molar-refractivity contribution in [2.75, 3.05) is 0 Å². The SMILES string of the molecule is CC(NS(=O)(=O)c1cccc(S(N)(=O)=O)c1)c1cccc(Cl)c1. The molecule has 1 atom stereocenters. The molecule has 0 fully saturated rings. The van der Waals surface area contributed by atoms with Gasteiger partial charge < -0.3 is 0 Å². The molecule has 0 saturated heterocycles. The van der Waals surface area contributed by atoms with Crippen LogP contribution in [0.5, 0.6) is 0 Å². The van der Waals surface area contributed by atoms with Gasteiger partial charge in [-0.3, -0.25) is 0 Å². The summed E-state index contributed by atoms with van der Waals surface area (Å²) >= 11 is 5.89. The van der Waals surface area contributed by atoms with Crippen LogP contribution in [0.25, 0.3) is 0 Å². The molecule has 3 N–H and O–H groups in total. The van der Waals surface area contributed by atoms with Crippen LogP contribution in [0.3, 0.4) is 0 Å². The third-order valence-corrected chi connectivity index (χ3v) is 5.81. The van der Waals surface area contributed by atoms with Crippen molar-refractivity contribution in [3.63, 3.8) is 0 Å². The van der Waals surface area contributed by atoms with Gasteiger partial charge in [0.05, 0.1) is 9.79 Å². The lowest BCUT2D eigenvalue weighted by Gasteiger charge is -2.15. The highest BCUT2D eigenvalue weighted by molar-refractivity contribution is 7.90. The van der Waals surface area contributed by atoms with E-state index in [4.69, 9.17) is 16.7 Å². The maximum atomic E-state index is 12.4. The van der Waals surface area contributed by atoms with E-state index in [1.54, 1.807) is 31.2 Å². The van der Waals surface area contributed by atoms with Crippen molar-refractivity contribution >= 4 is 31.6 Å². The van der Waals surface area contributed by atoms with Crippen LogP contribution in [-0.2, 0) is 20.0 Å². The van der Waals surface area contributed by atoms with Crippen LogP contribution < -0.4 is 9.86 Å². The molecule has 0 aromatic heterocycles. The molecule has 0 aliphatic heterocycles. The smallest absolute Gasteiger partial charge is 0.225 e. The number of hydrogen-bond donors (Lipinski definition) is 2. The number of hydrogen-bond acceptors (Lipinski definition) is 4. The first-order chi connectivity index (χ1) is 10.6. The molecule has 0 bridgehead atoms. The van der Waals surface area contributed by atoms with Gasteiger partial charge in [0.2, 0.25) is 20.0 Å². The minimum atomic E-state index is -3.98. The van der Waals surface area contributed by atoms with Crippen molar-refractivity contribution in [2.24, 2.45) is 5.14 Å². The van der Waals surface area contributed by atoms with Crippen molar-refractivity contribution in [1.82, 2.24) is 4.72 Å². The van der Waals surface area contributed by atoms with E-state index in [0.29, 0.717) is 10.6 Å². The first-order valence-corrected chi connectivity index (χ1v) is 9.91. The van der Waals surface area contributed by atoms with Gasteiger partial charge in [0, 0.05) is 11.1 Å². The summed E-state index contributed by atoms with van der Waals surface area (Å²) in [4.78, 5) is -0.450. The van der Waals surface area contributed by atoms with Gasteiger partial charge >= 0.3 is 0 Å². The fourth-order valence-electron chi connectivity index (χ4n) is 1.96. The maximum absolute atomic E-state index is 12.4. The second kappa shape index (κ2) is 6.58. The minimum Gasteiger partial charge on any atom is -0.225 e. The molecule has 0 aliphatic rings. The maximum Gasteiger partial charge on any atom is 0.241 e. The van der Waals surface area contributed by atoms with Crippen molar-refractivity contribution < 1.29 is 16.8 Å². The molecule has 0 radical (unpaired) electrons. The molecule has 23 heavy (non-hydrogen) atoms. The van der Waals surface area contributed by atoms with E-state index in [0.717, 1.165) is 6.07 Å². The van der Waals surface area contributed by atoms with Crippen LogP contribution in [0.15, 0.2) is 58.3 Å². The summed E-state index contributed by atoms with van der Waals surface area (Å²) < 4.78 is 50.0. The Morgan fingerprint density at radius 2 is 1.61 bits per heavy atom. The van der Waals surface area contributed by atoms with Gasteiger partial charge in [0.1, 0.15) is 0 Å². The molecule has 0 spiro atoms. The number of primary sulfonamides is 1. The van der Waals surface area contributed by atoms with Crippen molar-refractivity contribution in [1.29, 1.82) is 0 Å². The van der Waals surface area contributed by atoms with Crippen LogP contribution in [0.2, 0.25) is 5.02 Å². The Morgan fingerprint density at radius 1 is 1.00 bits per heavy atom. The molecule has 9 heteroatoms. The number of nitrogens with one attached hydrogen (secondary N) is 1. The summed E-state index contributed by atoms with van der Waals surface area (Å²) in [5.74, 6) is 0. The van der Waals surface area contributed by atoms with Crippen molar-refractivity contribution in [2.45, 2.75) is 22.8 Å². The van der Waals surface area contributed by atoms with Crippen LogP contribution >= 0.6 is 11.6 Å². The van der Waals surface area contributed by atoms with E-state index >= 15 is 0 Å². The molecule has 6 nitrogen and oxygen atoms in total. The lowest BCUT2D eigenvalue weighted by molar-refractivity contribution is 0.566. The molecule has 124 valence electrons. The fraction of sp³-hybridized carbons (Fsp3) is 0.143. The molecule has 0 saturated carbocycles. The highest BCUT2D eigenvalue weighted by atomic mass is 35.5. The highest BCUT2D eigenvalue weighted by Crippen LogP contribution is 2.21. The van der Waals surface area contributed by atoms with Gasteiger partial charge in [0.25, 0.3) is 0 Å². The summed E-state index contributed by atoms with van der Waals surface area (Å²) in [6.45, 7) is 1.66. The number of rotatable bonds is 5. The second-order valence-electron chi connectivity index (χ2n) is 4.92. The van der Waals surface area contributed by atoms with E-state index < -0.39 is 26.1 Å². The van der Waals surface area contributed by atoms with Gasteiger partial charge in [0.15, 0.2) is 0 Å². The topological polar surface area (TPSA) is 106 Å². The summed E-state index contributed by atoms with van der Waals surface area (Å²) in [6.07, 6.45) is 0. The molecule has 0 amide bonds. The third kappa shape index (κ3) is 4.52. The van der Waals surface area contributed by atoms with Gasteiger partial charge in [-0.05, 0) is 42.8 Å². The Kier molecular flexibility index (Phi) is 5.12. The molecular weight excluding hydrogens is 360 g/mol. The Morgan fingerprint density at radius 3 is 2.22 bits per heavy atom. The summed E-state index contributed by atoms with van der Waals surface area (Å²) in [6, 6.07) is 11.1. The molecule has 2 rings (SSSR count). The largest absolute Gasteiger partial charge is 0.241 e. The predicted molar refractivity (Wildman–Crippen MR) is 88.0 cm³/mol. The summed E-state index contributed by atoms with van der Waals surface area (Å²) in [5.41, 5.74) is 0.684. The Labute approximate surface area is 140 Å². The van der Waals surface area contributed by atoms with Crippen LogP contribution in [-0.4, -0.2) is 16.8 Å². The molecule has 0 heterocycles. The number of benzene rings is 2. The monoisotopic (exact) mass is 374 g/mol. The second-order valence-corrected chi connectivity index (χ2v) is 8.63. The Balaban J connectivity index is 2.32. The van der Waals surface area contributed by atoms with Crippen LogP contribution in [0.4, 0.5) is 0 Å². The van der Waals surface area contributed by atoms with Gasteiger partial charge in [-0.15, -0.1) is 0 Å². The van der Waals surface area contributed by atoms with Gasteiger partial charge in [-0.2, -0.15) is 0 Å². The number of sulfonamides is 2. The van der Waals surface area contributed by atoms with E-state index in [1.807, 2.05) is 0 Å². The van der Waals surface area contributed by atoms with Gasteiger partial charge in [-0.1, -0.05) is 29.8 Å². The zero-order chi connectivity index (χ0) is 17.3. The minimum absolute atomic E-state index is 0.182. The van der Waals surface area contributed by atoms with Crippen molar-refractivity contribution in [3.05, 3.63) is 59.1 Å². The zero-order valence-electron chi connectivity index (χ0n) is 12.1. The normalized spacial score (nSPS) is 13.7. The third-order valence-electron chi connectivity index (χ3n) is 3.12. The standard InChI is InChI=1S/C14H15ClN2O4S2/c1-10(11-4-2-5-12(15)8-11)17-23(20,21)14-7-3-6-13(9-14)22(16,18)19/h2-10,17H,1H3,(H2,16,18,19). The predicted octanol–water partition coefficient (Wildman–Crippen LogP) is 2.03. The summed E-state index contributed by atoms with van der Waals surface area (Å²) in [7, 11) is -7.90. The molecule has 2 aromatic carbocycles. The molecular formula is C14H15ClN2O4S2. The summed E-state index contributed by atoms with van der Waals surface area (Å²) in [5, 5.41) is 5.51. The zero-order valence-corrected chi connectivity index (χ0v) is 14.5. The molecule has 1 unspecified atom stereocenters. The van der Waals surface area contributed by atoms with Crippen LogP contribution in [0.1, 0.15) is 18.5 Å². The van der Waals surface area contributed by atoms with Crippen LogP contribution in [0, 0.1) is 0 Å². The fourth-order valence-corrected chi connectivity index (χ4v) is 4.07. The number of halogens is 1. The lowest BCUT2D eigenvalue weighted by atomic mass is 10.1. The first-order valence-electron chi connectivity index (χ1n) is 6.50. The average molecular weight is 375 g/mol.